The molecular weight excluding hydrogens is 264 g/mol. The highest BCUT2D eigenvalue weighted by molar-refractivity contribution is 5.47. The summed E-state index contributed by atoms with van der Waals surface area (Å²) in [6.45, 7) is 1.48. The van der Waals surface area contributed by atoms with Gasteiger partial charge in [0.2, 0.25) is 0 Å². The Hall–Kier alpha value is -2.20. The van der Waals surface area contributed by atoms with Gasteiger partial charge in [-0.3, -0.25) is 0 Å². The van der Waals surface area contributed by atoms with Crippen LogP contribution in [0.15, 0.2) is 42.5 Å². The quantitative estimate of drug-likeness (QED) is 0.856. The fourth-order valence-electron chi connectivity index (χ4n) is 2.12. The van der Waals surface area contributed by atoms with Crippen molar-refractivity contribution in [2.45, 2.75) is 13.1 Å². The van der Waals surface area contributed by atoms with E-state index in [4.69, 9.17) is 4.74 Å². The molecule has 2 rings (SSSR count). The van der Waals surface area contributed by atoms with Crippen molar-refractivity contribution in [3.05, 3.63) is 53.6 Å². The molecule has 4 nitrogen and oxygen atoms in total. The van der Waals surface area contributed by atoms with Gasteiger partial charge in [-0.05, 0) is 50.0 Å². The summed E-state index contributed by atoms with van der Waals surface area (Å²) in [6.07, 6.45) is 0. The normalized spacial score (nSPS) is 10.7. The van der Waals surface area contributed by atoms with Crippen LogP contribution in [0.1, 0.15) is 11.1 Å². The highest BCUT2D eigenvalue weighted by Gasteiger charge is 2.03. The maximum Gasteiger partial charge on any atom is 0.120 e. The third-order valence-corrected chi connectivity index (χ3v) is 3.22. The van der Waals surface area contributed by atoms with E-state index in [0.29, 0.717) is 6.54 Å². The zero-order valence-corrected chi connectivity index (χ0v) is 12.8. The van der Waals surface area contributed by atoms with Crippen molar-refractivity contribution in [1.82, 2.24) is 4.90 Å². The summed E-state index contributed by atoms with van der Waals surface area (Å²) in [4.78, 5) is 2.14. The minimum Gasteiger partial charge on any atom is -0.508 e. The zero-order chi connectivity index (χ0) is 15.2. The van der Waals surface area contributed by atoms with E-state index in [1.165, 1.54) is 5.56 Å². The van der Waals surface area contributed by atoms with E-state index < -0.39 is 0 Å². The van der Waals surface area contributed by atoms with Gasteiger partial charge in [-0.2, -0.15) is 0 Å². The molecule has 21 heavy (non-hydrogen) atoms. The highest BCUT2D eigenvalue weighted by Crippen LogP contribution is 2.23. The maximum absolute atomic E-state index is 9.85. The topological polar surface area (TPSA) is 44.7 Å². The van der Waals surface area contributed by atoms with Gasteiger partial charge >= 0.3 is 0 Å². The minimum absolute atomic E-state index is 0.271. The third kappa shape index (κ3) is 4.39. The van der Waals surface area contributed by atoms with Crippen LogP contribution in [0.2, 0.25) is 0 Å². The summed E-state index contributed by atoms with van der Waals surface area (Å²) in [5, 5.41) is 13.2. The van der Waals surface area contributed by atoms with Crippen LogP contribution >= 0.6 is 0 Å². The molecule has 0 heterocycles. The van der Waals surface area contributed by atoms with Crippen molar-refractivity contribution in [2.75, 3.05) is 26.5 Å². The Morgan fingerprint density at radius 1 is 1.10 bits per heavy atom. The Balaban J connectivity index is 1.99. The first-order chi connectivity index (χ1) is 10.1. The van der Waals surface area contributed by atoms with E-state index in [1.54, 1.807) is 19.2 Å². The Morgan fingerprint density at radius 2 is 1.81 bits per heavy atom. The lowest BCUT2D eigenvalue weighted by molar-refractivity contribution is 0.402. The average Bonchev–Trinajstić information content (AvgIpc) is 2.47. The third-order valence-electron chi connectivity index (χ3n) is 3.22. The Labute approximate surface area is 126 Å². The first-order valence-corrected chi connectivity index (χ1v) is 6.92. The summed E-state index contributed by atoms with van der Waals surface area (Å²) in [7, 11) is 5.72. The lowest BCUT2D eigenvalue weighted by Crippen LogP contribution is -2.10. The molecule has 0 amide bonds. The molecular formula is C17H22N2O2. The van der Waals surface area contributed by atoms with Crippen LogP contribution in [-0.4, -0.2) is 31.2 Å². The van der Waals surface area contributed by atoms with Crippen LogP contribution in [0.4, 0.5) is 5.69 Å². The number of hydrogen-bond acceptors (Lipinski definition) is 4. The number of phenolic OH excluding ortho intramolecular Hbond substituents is 1. The predicted molar refractivity (Wildman–Crippen MR) is 85.8 cm³/mol. The van der Waals surface area contributed by atoms with Gasteiger partial charge in [-0.1, -0.05) is 12.1 Å². The second-order valence-corrected chi connectivity index (χ2v) is 5.28. The highest BCUT2D eigenvalue weighted by atomic mass is 16.5. The molecule has 0 aliphatic carbocycles. The summed E-state index contributed by atoms with van der Waals surface area (Å²) < 4.78 is 5.17. The van der Waals surface area contributed by atoms with Crippen molar-refractivity contribution in [1.29, 1.82) is 0 Å². The van der Waals surface area contributed by atoms with Crippen LogP contribution in [0.25, 0.3) is 0 Å². The molecule has 0 unspecified atom stereocenters. The van der Waals surface area contributed by atoms with Crippen molar-refractivity contribution in [3.63, 3.8) is 0 Å². The number of anilines is 1. The first kappa shape index (κ1) is 15.2. The lowest BCUT2D eigenvalue weighted by Gasteiger charge is -2.12. The van der Waals surface area contributed by atoms with Gasteiger partial charge in [0, 0.05) is 24.3 Å². The number of benzene rings is 2. The fraction of sp³-hybridized carbons (Fsp3) is 0.294. The molecule has 4 heteroatoms. The minimum atomic E-state index is 0.271. The van der Waals surface area contributed by atoms with E-state index >= 15 is 0 Å². The van der Waals surface area contributed by atoms with Crippen LogP contribution in [0.5, 0.6) is 11.5 Å². The average molecular weight is 286 g/mol. The fourth-order valence-corrected chi connectivity index (χ4v) is 2.12. The lowest BCUT2D eigenvalue weighted by atomic mass is 10.1. The number of hydrogen-bond donors (Lipinski definition) is 2. The number of nitrogens with one attached hydrogen (secondary N) is 1. The predicted octanol–water partition coefficient (Wildman–Crippen LogP) is 3.07. The van der Waals surface area contributed by atoms with Crippen LogP contribution in [-0.2, 0) is 13.1 Å². The summed E-state index contributed by atoms with van der Waals surface area (Å²) >= 11 is 0. The molecule has 0 radical (unpaired) electrons. The molecule has 0 bridgehead atoms. The van der Waals surface area contributed by atoms with Gasteiger partial charge in [-0.25, -0.2) is 0 Å². The van der Waals surface area contributed by atoms with Crippen molar-refractivity contribution in [2.24, 2.45) is 0 Å². The molecule has 0 spiro atoms. The molecule has 2 aromatic rings. The van der Waals surface area contributed by atoms with Crippen molar-refractivity contribution >= 4 is 5.69 Å². The molecule has 112 valence electrons. The number of nitrogens with zero attached hydrogens (tertiary/aromatic N) is 1. The summed E-state index contributed by atoms with van der Waals surface area (Å²) in [6, 6.07) is 13.5. The Kier molecular flexibility index (Phi) is 5.06. The summed E-state index contributed by atoms with van der Waals surface area (Å²) in [5.74, 6) is 1.01. The monoisotopic (exact) mass is 286 g/mol. The zero-order valence-electron chi connectivity index (χ0n) is 12.8. The van der Waals surface area contributed by atoms with Gasteiger partial charge in [0.15, 0.2) is 0 Å². The van der Waals surface area contributed by atoms with Gasteiger partial charge in [0.05, 0.1) is 7.11 Å². The van der Waals surface area contributed by atoms with E-state index in [1.807, 2.05) is 6.07 Å². The smallest absolute Gasteiger partial charge is 0.120 e. The van der Waals surface area contributed by atoms with Gasteiger partial charge in [0.25, 0.3) is 0 Å². The van der Waals surface area contributed by atoms with Gasteiger partial charge in [0.1, 0.15) is 11.5 Å². The van der Waals surface area contributed by atoms with Crippen molar-refractivity contribution < 1.29 is 9.84 Å². The largest absolute Gasteiger partial charge is 0.508 e. The number of rotatable bonds is 6. The molecule has 2 aromatic carbocycles. The standard InChI is InChI=1S/C17H22N2O2/c1-19(2)12-13-4-6-15(7-5-13)18-11-14-10-16(21-3)8-9-17(14)20/h4-10,18,20H,11-12H2,1-3H3. The van der Waals surface area contributed by atoms with Gasteiger partial charge in [-0.15, -0.1) is 0 Å². The van der Waals surface area contributed by atoms with E-state index in [2.05, 4.69) is 48.6 Å². The number of phenols is 1. The first-order valence-electron chi connectivity index (χ1n) is 6.92. The Morgan fingerprint density at radius 3 is 2.43 bits per heavy atom. The number of aromatic hydroxyl groups is 1. The molecule has 0 atom stereocenters. The number of methoxy groups -OCH3 is 1. The molecule has 0 aromatic heterocycles. The second-order valence-electron chi connectivity index (χ2n) is 5.28. The van der Waals surface area contributed by atoms with Crippen molar-refractivity contribution in [3.8, 4) is 11.5 Å². The van der Waals surface area contributed by atoms with Crippen LogP contribution in [0.3, 0.4) is 0 Å². The van der Waals surface area contributed by atoms with Crippen LogP contribution in [0, 0.1) is 0 Å². The maximum atomic E-state index is 9.85. The van der Waals surface area contributed by atoms with Gasteiger partial charge < -0.3 is 20.1 Å². The van der Waals surface area contributed by atoms with Crippen LogP contribution < -0.4 is 10.1 Å². The molecule has 0 aliphatic rings. The van der Waals surface area contributed by atoms with E-state index in [9.17, 15) is 5.11 Å². The molecule has 0 saturated carbocycles. The van der Waals surface area contributed by atoms with E-state index in [0.717, 1.165) is 23.5 Å². The second kappa shape index (κ2) is 6.99. The molecule has 2 N–H and O–H groups in total. The summed E-state index contributed by atoms with van der Waals surface area (Å²) in [5.41, 5.74) is 3.11. The number of ether oxygens (including phenoxy) is 1. The molecule has 0 fully saturated rings. The Bertz CT molecular complexity index is 580. The molecule has 0 saturated heterocycles. The molecule has 0 aliphatic heterocycles. The van der Waals surface area contributed by atoms with E-state index in [-0.39, 0.29) is 5.75 Å². The SMILES string of the molecule is COc1ccc(O)c(CNc2ccc(CN(C)C)cc2)c1.